The minimum Gasteiger partial charge on any atom is -0.394 e. The van der Waals surface area contributed by atoms with Crippen molar-refractivity contribution >= 4 is 23.4 Å². The lowest BCUT2D eigenvalue weighted by molar-refractivity contribution is -0.140. The lowest BCUT2D eigenvalue weighted by atomic mass is 10.0. The van der Waals surface area contributed by atoms with Gasteiger partial charge < -0.3 is 20.4 Å². The van der Waals surface area contributed by atoms with Crippen molar-refractivity contribution in [2.24, 2.45) is 11.0 Å². The molecule has 2 amide bonds. The molecule has 0 saturated carbocycles. The largest absolute Gasteiger partial charge is 0.394 e. The second kappa shape index (κ2) is 11.3. The Bertz CT molecular complexity index is 1070. The molecule has 1 saturated heterocycles. The molecular formula is C23H27ClN6O4. The van der Waals surface area contributed by atoms with E-state index >= 15 is 0 Å². The van der Waals surface area contributed by atoms with Crippen LogP contribution in [0.25, 0.3) is 21.6 Å². The summed E-state index contributed by atoms with van der Waals surface area (Å²) in [6, 6.07) is 6.35. The molecular weight excluding hydrogens is 460 g/mol. The normalized spacial score (nSPS) is 19.4. The van der Waals surface area contributed by atoms with Crippen LogP contribution in [0.2, 0.25) is 5.02 Å². The monoisotopic (exact) mass is 486 g/mol. The summed E-state index contributed by atoms with van der Waals surface area (Å²) in [5.74, 6) is -1.29. The summed E-state index contributed by atoms with van der Waals surface area (Å²) >= 11 is 6.20. The standard InChI is InChI=1S/C23H27ClN6O4/c1-13(2)21(28-29-25)23(34)30-11-16(32)9-20(30)22(33)27-19(12-31)15-5-3-14(4-6-15)17-7-8-26-10-18(17)24/h3-8,10,13,16,19-21,31-32H,9,11-12H2,1-2H3,(H,27,33)/t16-,19+,20+,21+/m1/s1. The fourth-order valence-electron chi connectivity index (χ4n) is 4.01. The minimum absolute atomic E-state index is 0.0354. The van der Waals surface area contributed by atoms with Crippen molar-refractivity contribution in [1.29, 1.82) is 0 Å². The lowest BCUT2D eigenvalue weighted by Gasteiger charge is -2.29. The van der Waals surface area contributed by atoms with Gasteiger partial charge in [-0.3, -0.25) is 14.6 Å². The van der Waals surface area contributed by atoms with E-state index in [2.05, 4.69) is 20.3 Å². The first-order valence-corrected chi connectivity index (χ1v) is 11.3. The summed E-state index contributed by atoms with van der Waals surface area (Å²) in [6.45, 7) is 3.08. The number of likely N-dealkylation sites (tertiary alicyclic amines) is 1. The van der Waals surface area contributed by atoms with Crippen molar-refractivity contribution in [3.05, 3.63) is 63.8 Å². The number of carbonyl (C=O) groups is 2. The molecule has 2 aromatic rings. The van der Waals surface area contributed by atoms with Crippen molar-refractivity contribution in [3.8, 4) is 11.1 Å². The van der Waals surface area contributed by atoms with E-state index in [1.807, 2.05) is 12.1 Å². The van der Waals surface area contributed by atoms with Gasteiger partial charge in [-0.25, -0.2) is 0 Å². The summed E-state index contributed by atoms with van der Waals surface area (Å²) in [5.41, 5.74) is 11.1. The van der Waals surface area contributed by atoms with Crippen LogP contribution in [0.4, 0.5) is 0 Å². The van der Waals surface area contributed by atoms with Crippen LogP contribution < -0.4 is 5.32 Å². The third kappa shape index (κ3) is 5.66. The summed E-state index contributed by atoms with van der Waals surface area (Å²) in [4.78, 5) is 34.0. The number of β-amino-alcohol motifs (C(OH)–C–C–N with tert-alkyl or cyclic N) is 1. The molecule has 11 heteroatoms. The van der Waals surface area contributed by atoms with Crippen LogP contribution in [0, 0.1) is 5.92 Å². The van der Waals surface area contributed by atoms with Crippen molar-refractivity contribution < 1.29 is 19.8 Å². The Morgan fingerprint density at radius 2 is 2.03 bits per heavy atom. The van der Waals surface area contributed by atoms with E-state index in [0.29, 0.717) is 10.6 Å². The molecule has 0 unspecified atom stereocenters. The number of rotatable bonds is 8. The first kappa shape index (κ1) is 25.5. The number of nitrogens with one attached hydrogen (secondary N) is 1. The molecule has 1 fully saturated rings. The number of nitrogens with zero attached hydrogens (tertiary/aromatic N) is 5. The zero-order valence-corrected chi connectivity index (χ0v) is 19.6. The number of azide groups is 1. The number of carbonyl (C=O) groups excluding carboxylic acids is 2. The quantitative estimate of drug-likeness (QED) is 0.297. The molecule has 34 heavy (non-hydrogen) atoms. The van der Waals surface area contributed by atoms with Crippen molar-refractivity contribution in [2.75, 3.05) is 13.2 Å². The fraction of sp³-hybridized carbons (Fsp3) is 0.435. The number of benzene rings is 1. The topological polar surface area (TPSA) is 152 Å². The third-order valence-corrected chi connectivity index (χ3v) is 6.12. The molecule has 4 atom stereocenters. The van der Waals surface area contributed by atoms with Crippen LogP contribution in [0.1, 0.15) is 31.9 Å². The molecule has 3 rings (SSSR count). The molecule has 0 aliphatic carbocycles. The fourth-order valence-corrected chi connectivity index (χ4v) is 4.23. The van der Waals surface area contributed by atoms with Crippen molar-refractivity contribution in [3.63, 3.8) is 0 Å². The highest BCUT2D eigenvalue weighted by Crippen LogP contribution is 2.28. The SMILES string of the molecule is CC(C)[C@H](N=[N+]=[N-])C(=O)N1C[C@H](O)C[C@H]1C(=O)N[C@@H](CO)c1ccc(-c2ccncc2Cl)cc1. The Morgan fingerprint density at radius 3 is 2.62 bits per heavy atom. The van der Waals surface area contributed by atoms with E-state index in [9.17, 15) is 19.8 Å². The van der Waals surface area contributed by atoms with Gasteiger partial charge in [0, 0.05) is 35.8 Å². The number of hydrogen-bond donors (Lipinski definition) is 3. The summed E-state index contributed by atoms with van der Waals surface area (Å²) in [6.07, 6.45) is 2.36. The molecule has 0 spiro atoms. The van der Waals surface area contributed by atoms with Gasteiger partial charge in [-0.05, 0) is 28.6 Å². The van der Waals surface area contributed by atoms with E-state index in [4.69, 9.17) is 17.1 Å². The molecule has 1 aliphatic rings. The Morgan fingerprint density at radius 1 is 1.32 bits per heavy atom. The third-order valence-electron chi connectivity index (χ3n) is 5.82. The first-order valence-electron chi connectivity index (χ1n) is 10.9. The highest BCUT2D eigenvalue weighted by molar-refractivity contribution is 6.33. The predicted octanol–water partition coefficient (Wildman–Crippen LogP) is 2.85. The number of pyridine rings is 1. The van der Waals surface area contributed by atoms with E-state index in [1.54, 1.807) is 44.4 Å². The number of halogens is 1. The van der Waals surface area contributed by atoms with Gasteiger partial charge in [-0.1, -0.05) is 54.8 Å². The zero-order valence-electron chi connectivity index (χ0n) is 18.9. The Kier molecular flexibility index (Phi) is 8.46. The van der Waals surface area contributed by atoms with Gasteiger partial charge >= 0.3 is 0 Å². The van der Waals surface area contributed by atoms with Gasteiger partial charge in [0.1, 0.15) is 12.1 Å². The van der Waals surface area contributed by atoms with Crippen LogP contribution in [0.5, 0.6) is 0 Å². The van der Waals surface area contributed by atoms with Crippen LogP contribution in [-0.2, 0) is 9.59 Å². The van der Waals surface area contributed by atoms with Crippen LogP contribution in [0.15, 0.2) is 47.8 Å². The average Bonchev–Trinajstić information content (AvgIpc) is 3.22. The Balaban J connectivity index is 1.76. The number of amides is 2. The molecule has 1 aromatic carbocycles. The molecule has 0 radical (unpaired) electrons. The molecule has 1 aromatic heterocycles. The van der Waals surface area contributed by atoms with Gasteiger partial charge in [0.05, 0.1) is 23.8 Å². The maximum atomic E-state index is 13.1. The first-order chi connectivity index (χ1) is 16.3. The minimum atomic E-state index is -0.980. The van der Waals surface area contributed by atoms with Crippen LogP contribution >= 0.6 is 11.6 Å². The number of aromatic nitrogens is 1. The maximum Gasteiger partial charge on any atom is 0.243 e. The summed E-state index contributed by atoms with van der Waals surface area (Å²) < 4.78 is 0. The Hall–Kier alpha value is -3.17. The zero-order chi connectivity index (χ0) is 24.8. The molecule has 3 N–H and O–H groups in total. The van der Waals surface area contributed by atoms with E-state index in [-0.39, 0.29) is 25.5 Å². The molecule has 2 heterocycles. The van der Waals surface area contributed by atoms with Gasteiger partial charge in [-0.15, -0.1) is 0 Å². The van der Waals surface area contributed by atoms with Gasteiger partial charge in [0.2, 0.25) is 11.8 Å². The molecule has 180 valence electrons. The van der Waals surface area contributed by atoms with Crippen LogP contribution in [-0.4, -0.2) is 63.3 Å². The molecule has 1 aliphatic heterocycles. The maximum absolute atomic E-state index is 13.1. The second-order valence-corrected chi connectivity index (χ2v) is 8.92. The van der Waals surface area contributed by atoms with E-state index in [0.717, 1.165) is 11.1 Å². The van der Waals surface area contributed by atoms with Crippen molar-refractivity contribution in [1.82, 2.24) is 15.2 Å². The van der Waals surface area contributed by atoms with Gasteiger partial charge in [0.25, 0.3) is 0 Å². The van der Waals surface area contributed by atoms with Gasteiger partial charge in [0.15, 0.2) is 0 Å². The van der Waals surface area contributed by atoms with E-state index in [1.165, 1.54) is 4.90 Å². The number of hydrogen-bond acceptors (Lipinski definition) is 6. The molecule has 0 bridgehead atoms. The average molecular weight is 487 g/mol. The predicted molar refractivity (Wildman–Crippen MR) is 127 cm³/mol. The second-order valence-electron chi connectivity index (χ2n) is 8.51. The van der Waals surface area contributed by atoms with Gasteiger partial charge in [-0.2, -0.15) is 0 Å². The highest BCUT2D eigenvalue weighted by atomic mass is 35.5. The smallest absolute Gasteiger partial charge is 0.243 e. The van der Waals surface area contributed by atoms with E-state index < -0.39 is 36.0 Å². The number of aliphatic hydroxyl groups excluding tert-OH is 2. The summed E-state index contributed by atoms with van der Waals surface area (Å²) in [7, 11) is 0. The van der Waals surface area contributed by atoms with Crippen molar-refractivity contribution in [2.45, 2.75) is 44.5 Å². The number of aliphatic hydroxyl groups is 2. The lowest BCUT2D eigenvalue weighted by Crippen LogP contribution is -2.50. The summed E-state index contributed by atoms with van der Waals surface area (Å²) in [5, 5.41) is 26.9. The Labute approximate surface area is 202 Å². The molecule has 10 nitrogen and oxygen atoms in total. The highest BCUT2D eigenvalue weighted by Gasteiger charge is 2.42. The van der Waals surface area contributed by atoms with Crippen LogP contribution in [0.3, 0.4) is 0 Å².